The average Bonchev–Trinajstić information content (AvgIpc) is 2.49. The minimum Gasteiger partial charge on any atom is -0.295 e. The van der Waals surface area contributed by atoms with Crippen molar-refractivity contribution >= 4 is 5.78 Å². The van der Waals surface area contributed by atoms with E-state index in [9.17, 15) is 4.79 Å². The highest BCUT2D eigenvalue weighted by atomic mass is 16.1. The second kappa shape index (κ2) is 4.20. The molecule has 0 fully saturated rings. The predicted octanol–water partition coefficient (Wildman–Crippen LogP) is 4.05. The number of carbonyl (C=O) groups excluding carboxylic acids is 1. The van der Waals surface area contributed by atoms with Crippen LogP contribution in [0.2, 0.25) is 0 Å². The fourth-order valence-electron chi connectivity index (χ4n) is 3.14. The maximum atomic E-state index is 12.1. The van der Waals surface area contributed by atoms with Gasteiger partial charge in [-0.05, 0) is 50.5 Å². The average molecular weight is 218 g/mol. The molecule has 2 aliphatic carbocycles. The largest absolute Gasteiger partial charge is 0.295 e. The van der Waals surface area contributed by atoms with E-state index >= 15 is 0 Å². The minimum atomic E-state index is 0.383. The first-order valence-corrected chi connectivity index (χ1v) is 6.42. The van der Waals surface area contributed by atoms with E-state index in [4.69, 9.17) is 0 Å². The molecule has 0 radical (unpaired) electrons. The normalized spacial score (nSPS) is 30.5. The number of carbonyl (C=O) groups is 1. The van der Waals surface area contributed by atoms with Crippen molar-refractivity contribution in [2.75, 3.05) is 0 Å². The number of ketones is 1. The van der Waals surface area contributed by atoms with Crippen LogP contribution in [0.1, 0.15) is 53.4 Å². The Balaban J connectivity index is 2.41. The SMILES string of the molecule is CC(C)=C1CC2=C(CC[C@@H]2C)[C@@H](C)CC1=O. The summed E-state index contributed by atoms with van der Waals surface area (Å²) in [6.45, 7) is 8.68. The molecule has 0 bridgehead atoms. The highest BCUT2D eigenvalue weighted by Gasteiger charge is 2.31. The molecule has 0 heterocycles. The molecule has 0 saturated carbocycles. The summed E-state index contributed by atoms with van der Waals surface area (Å²) in [7, 11) is 0. The second-order valence-electron chi connectivity index (χ2n) is 5.67. The molecule has 2 atom stereocenters. The van der Waals surface area contributed by atoms with Crippen molar-refractivity contribution in [2.24, 2.45) is 11.8 Å². The van der Waals surface area contributed by atoms with E-state index in [0.717, 1.165) is 18.4 Å². The lowest BCUT2D eigenvalue weighted by Gasteiger charge is -2.11. The van der Waals surface area contributed by atoms with Crippen molar-refractivity contribution in [1.29, 1.82) is 0 Å². The van der Waals surface area contributed by atoms with Gasteiger partial charge in [-0.25, -0.2) is 0 Å². The molecule has 2 aliphatic rings. The first-order chi connectivity index (χ1) is 7.50. The minimum absolute atomic E-state index is 0.383. The number of hydrogen-bond donors (Lipinski definition) is 0. The molecule has 0 amide bonds. The number of hydrogen-bond acceptors (Lipinski definition) is 1. The van der Waals surface area contributed by atoms with Crippen LogP contribution in [0.15, 0.2) is 22.3 Å². The first-order valence-electron chi connectivity index (χ1n) is 6.42. The molecule has 1 nitrogen and oxygen atoms in total. The monoisotopic (exact) mass is 218 g/mol. The summed E-state index contributed by atoms with van der Waals surface area (Å²) in [5.41, 5.74) is 5.47. The van der Waals surface area contributed by atoms with Gasteiger partial charge in [-0.2, -0.15) is 0 Å². The molecular formula is C15H22O. The molecule has 0 spiro atoms. The van der Waals surface area contributed by atoms with E-state index < -0.39 is 0 Å². The summed E-state index contributed by atoms with van der Waals surface area (Å²) in [5, 5.41) is 0. The smallest absolute Gasteiger partial charge is 0.159 e. The highest BCUT2D eigenvalue weighted by Crippen LogP contribution is 2.43. The maximum absolute atomic E-state index is 12.1. The van der Waals surface area contributed by atoms with Gasteiger partial charge in [0.05, 0.1) is 0 Å². The highest BCUT2D eigenvalue weighted by molar-refractivity contribution is 5.97. The molecule has 16 heavy (non-hydrogen) atoms. The standard InChI is InChI=1S/C15H22O/c1-9(2)13-8-14-10(3)5-6-12(14)11(4)7-15(13)16/h10-11H,5-8H2,1-4H3/t10-,11-/m0/s1. The molecule has 0 aliphatic heterocycles. The quantitative estimate of drug-likeness (QED) is 0.443. The van der Waals surface area contributed by atoms with Gasteiger partial charge in [0.1, 0.15) is 0 Å². The van der Waals surface area contributed by atoms with Crippen LogP contribution < -0.4 is 0 Å². The summed E-state index contributed by atoms with van der Waals surface area (Å²) in [6.07, 6.45) is 4.17. The Labute approximate surface area is 98.6 Å². The van der Waals surface area contributed by atoms with Crippen LogP contribution in [0.5, 0.6) is 0 Å². The zero-order valence-electron chi connectivity index (χ0n) is 10.9. The Bertz CT molecular complexity index is 380. The Morgan fingerprint density at radius 3 is 2.44 bits per heavy atom. The topological polar surface area (TPSA) is 17.1 Å². The van der Waals surface area contributed by atoms with E-state index in [1.54, 1.807) is 11.1 Å². The second-order valence-corrected chi connectivity index (χ2v) is 5.67. The summed E-state index contributed by atoms with van der Waals surface area (Å²) in [6, 6.07) is 0. The van der Waals surface area contributed by atoms with Crippen molar-refractivity contribution in [3.05, 3.63) is 22.3 Å². The molecule has 0 aromatic heterocycles. The molecule has 0 N–H and O–H groups in total. The third kappa shape index (κ3) is 1.88. The lowest BCUT2D eigenvalue weighted by molar-refractivity contribution is -0.116. The van der Waals surface area contributed by atoms with Gasteiger partial charge in [0.2, 0.25) is 0 Å². The summed E-state index contributed by atoms with van der Waals surface area (Å²) in [5.74, 6) is 1.55. The fourth-order valence-corrected chi connectivity index (χ4v) is 3.14. The number of allylic oxidation sites excluding steroid dienone is 4. The third-order valence-electron chi connectivity index (χ3n) is 4.25. The van der Waals surface area contributed by atoms with Gasteiger partial charge in [0.15, 0.2) is 5.78 Å². The molecule has 1 heteroatoms. The Hall–Kier alpha value is -0.850. The maximum Gasteiger partial charge on any atom is 0.159 e. The zero-order chi connectivity index (χ0) is 11.9. The molecule has 2 rings (SSSR count). The van der Waals surface area contributed by atoms with E-state index in [1.807, 2.05) is 0 Å². The molecule has 0 unspecified atom stereocenters. The van der Waals surface area contributed by atoms with Gasteiger partial charge in [-0.3, -0.25) is 4.79 Å². The van der Waals surface area contributed by atoms with E-state index in [-0.39, 0.29) is 0 Å². The summed E-state index contributed by atoms with van der Waals surface area (Å²) < 4.78 is 0. The Morgan fingerprint density at radius 1 is 1.12 bits per heavy atom. The van der Waals surface area contributed by atoms with Crippen molar-refractivity contribution in [3.8, 4) is 0 Å². The summed E-state index contributed by atoms with van der Waals surface area (Å²) >= 11 is 0. The van der Waals surface area contributed by atoms with Gasteiger partial charge in [0.25, 0.3) is 0 Å². The van der Waals surface area contributed by atoms with Crippen LogP contribution in [0.3, 0.4) is 0 Å². The van der Waals surface area contributed by atoms with Gasteiger partial charge in [0, 0.05) is 6.42 Å². The van der Waals surface area contributed by atoms with E-state index in [0.29, 0.717) is 17.6 Å². The van der Waals surface area contributed by atoms with E-state index in [2.05, 4.69) is 27.7 Å². The van der Waals surface area contributed by atoms with Gasteiger partial charge in [-0.15, -0.1) is 0 Å². The van der Waals surface area contributed by atoms with Crippen molar-refractivity contribution in [3.63, 3.8) is 0 Å². The van der Waals surface area contributed by atoms with Crippen LogP contribution in [0.4, 0.5) is 0 Å². The van der Waals surface area contributed by atoms with Crippen molar-refractivity contribution < 1.29 is 4.79 Å². The first kappa shape index (κ1) is 11.6. The zero-order valence-corrected chi connectivity index (χ0v) is 10.9. The van der Waals surface area contributed by atoms with Crippen LogP contribution in [-0.4, -0.2) is 5.78 Å². The molecular weight excluding hydrogens is 196 g/mol. The van der Waals surface area contributed by atoms with Crippen LogP contribution in [-0.2, 0) is 4.79 Å². The molecule has 0 aromatic rings. The third-order valence-corrected chi connectivity index (χ3v) is 4.25. The van der Waals surface area contributed by atoms with Crippen molar-refractivity contribution in [2.45, 2.75) is 53.4 Å². The Kier molecular flexibility index (Phi) is 3.05. The lowest BCUT2D eigenvalue weighted by Crippen LogP contribution is -2.08. The van der Waals surface area contributed by atoms with Gasteiger partial charge >= 0.3 is 0 Å². The van der Waals surface area contributed by atoms with E-state index in [1.165, 1.54) is 18.4 Å². The van der Waals surface area contributed by atoms with Crippen molar-refractivity contribution in [1.82, 2.24) is 0 Å². The fraction of sp³-hybridized carbons (Fsp3) is 0.667. The molecule has 88 valence electrons. The number of rotatable bonds is 0. The Morgan fingerprint density at radius 2 is 1.81 bits per heavy atom. The van der Waals surface area contributed by atoms with Crippen LogP contribution in [0, 0.1) is 11.8 Å². The van der Waals surface area contributed by atoms with Crippen LogP contribution in [0.25, 0.3) is 0 Å². The van der Waals surface area contributed by atoms with Gasteiger partial charge < -0.3 is 0 Å². The predicted molar refractivity (Wildman–Crippen MR) is 67.2 cm³/mol. The van der Waals surface area contributed by atoms with Crippen LogP contribution >= 0.6 is 0 Å². The lowest BCUT2D eigenvalue weighted by atomic mass is 9.93. The molecule has 0 aromatic carbocycles. The number of Topliss-reactive ketones (excluding diaryl/α,β-unsaturated/α-hetero) is 1. The van der Waals surface area contributed by atoms with Gasteiger partial charge in [-0.1, -0.05) is 30.6 Å². The summed E-state index contributed by atoms with van der Waals surface area (Å²) in [4.78, 5) is 12.1. The molecule has 0 saturated heterocycles.